The van der Waals surface area contributed by atoms with Crippen molar-refractivity contribution in [2.75, 3.05) is 53.9 Å². The third kappa shape index (κ3) is 5.40. The van der Waals surface area contributed by atoms with E-state index in [4.69, 9.17) is 11.6 Å². The fraction of sp³-hybridized carbons (Fsp3) is 0.682. The fourth-order valence-corrected chi connectivity index (χ4v) is 4.70. The quantitative estimate of drug-likeness (QED) is 0.602. The molecule has 0 aromatic heterocycles. The lowest BCUT2D eigenvalue weighted by atomic mass is 9.84. The Morgan fingerprint density at radius 1 is 1.11 bits per heavy atom. The number of hydrogen-bond donors (Lipinski definition) is 1. The number of piperidine rings is 2. The van der Waals surface area contributed by atoms with Gasteiger partial charge < -0.3 is 15.1 Å². The average molecular weight is 406 g/mol. The number of rotatable bonds is 5. The van der Waals surface area contributed by atoms with Gasteiger partial charge in [0.05, 0.1) is 0 Å². The number of nitrogens with one attached hydrogen (secondary N) is 1. The van der Waals surface area contributed by atoms with Crippen molar-refractivity contribution in [3.8, 4) is 0 Å². The lowest BCUT2D eigenvalue weighted by Gasteiger charge is -2.50. The number of aliphatic imine (C=N–C) groups is 1. The maximum absolute atomic E-state index is 6.02. The molecule has 0 atom stereocenters. The van der Waals surface area contributed by atoms with E-state index in [1.54, 1.807) is 0 Å². The van der Waals surface area contributed by atoms with E-state index < -0.39 is 0 Å². The number of guanidine groups is 1. The molecule has 2 aliphatic rings. The molecule has 28 heavy (non-hydrogen) atoms. The summed E-state index contributed by atoms with van der Waals surface area (Å²) in [5, 5.41) is 4.49. The molecule has 0 aliphatic carbocycles. The van der Waals surface area contributed by atoms with Crippen LogP contribution in [0.5, 0.6) is 0 Å². The smallest absolute Gasteiger partial charge is 0.193 e. The average Bonchev–Trinajstić information content (AvgIpc) is 2.72. The third-order valence-corrected chi connectivity index (χ3v) is 6.68. The fourth-order valence-electron chi connectivity index (χ4n) is 4.57. The Morgan fingerprint density at radius 2 is 1.75 bits per heavy atom. The highest BCUT2D eigenvalue weighted by Gasteiger charge is 2.39. The van der Waals surface area contributed by atoms with E-state index in [9.17, 15) is 0 Å². The number of hydrogen-bond acceptors (Lipinski definition) is 3. The van der Waals surface area contributed by atoms with Gasteiger partial charge in [0.25, 0.3) is 0 Å². The van der Waals surface area contributed by atoms with Crippen LogP contribution >= 0.6 is 11.6 Å². The molecular weight excluding hydrogens is 370 g/mol. The molecule has 156 valence electrons. The monoisotopic (exact) mass is 405 g/mol. The zero-order valence-electron chi connectivity index (χ0n) is 17.8. The molecule has 0 bridgehead atoms. The van der Waals surface area contributed by atoms with E-state index in [0.29, 0.717) is 0 Å². The molecule has 2 aliphatic heterocycles. The highest BCUT2D eigenvalue weighted by atomic mass is 35.5. The zero-order valence-corrected chi connectivity index (χ0v) is 18.5. The van der Waals surface area contributed by atoms with Gasteiger partial charge in [0.1, 0.15) is 0 Å². The van der Waals surface area contributed by atoms with Gasteiger partial charge in [-0.05, 0) is 76.6 Å². The van der Waals surface area contributed by atoms with Gasteiger partial charge in [-0.15, -0.1) is 0 Å². The normalized spacial score (nSPS) is 21.5. The predicted octanol–water partition coefficient (Wildman–Crippen LogP) is 3.30. The SMILES string of the molecule is CN=C(NCC1(N2CCCCC2)CCN(C)CC1)N(C)Cc1ccc(Cl)cc1. The van der Waals surface area contributed by atoms with Crippen molar-refractivity contribution < 1.29 is 0 Å². The van der Waals surface area contributed by atoms with Crippen LogP contribution in [0.3, 0.4) is 0 Å². The molecule has 2 saturated heterocycles. The summed E-state index contributed by atoms with van der Waals surface area (Å²) in [5.74, 6) is 0.963. The topological polar surface area (TPSA) is 34.1 Å². The van der Waals surface area contributed by atoms with Crippen molar-refractivity contribution in [3.05, 3.63) is 34.9 Å². The largest absolute Gasteiger partial charge is 0.354 e. The Kier molecular flexibility index (Phi) is 7.61. The van der Waals surface area contributed by atoms with Crippen molar-refractivity contribution in [1.29, 1.82) is 0 Å². The number of benzene rings is 1. The van der Waals surface area contributed by atoms with Gasteiger partial charge >= 0.3 is 0 Å². The summed E-state index contributed by atoms with van der Waals surface area (Å²) >= 11 is 6.02. The summed E-state index contributed by atoms with van der Waals surface area (Å²) in [7, 11) is 6.22. The summed E-state index contributed by atoms with van der Waals surface area (Å²) in [5.41, 5.74) is 1.49. The van der Waals surface area contributed by atoms with E-state index in [1.807, 2.05) is 19.2 Å². The number of nitrogens with zero attached hydrogens (tertiary/aromatic N) is 4. The van der Waals surface area contributed by atoms with Crippen LogP contribution < -0.4 is 5.32 Å². The van der Waals surface area contributed by atoms with Crippen LogP contribution in [0.4, 0.5) is 0 Å². The molecule has 2 heterocycles. The molecule has 1 aromatic carbocycles. The summed E-state index contributed by atoms with van der Waals surface area (Å²) < 4.78 is 0. The van der Waals surface area contributed by atoms with Crippen LogP contribution in [0, 0.1) is 0 Å². The summed E-state index contributed by atoms with van der Waals surface area (Å²) in [4.78, 5) is 12.0. The second kappa shape index (κ2) is 9.95. The molecule has 0 saturated carbocycles. The Labute approximate surface area is 175 Å². The summed E-state index contributed by atoms with van der Waals surface area (Å²) in [6, 6.07) is 8.06. The van der Waals surface area contributed by atoms with Gasteiger partial charge in [-0.1, -0.05) is 30.2 Å². The molecule has 0 amide bonds. The highest BCUT2D eigenvalue weighted by molar-refractivity contribution is 6.30. The molecule has 0 radical (unpaired) electrons. The molecule has 2 fully saturated rings. The maximum Gasteiger partial charge on any atom is 0.193 e. The predicted molar refractivity (Wildman–Crippen MR) is 119 cm³/mol. The van der Waals surface area contributed by atoms with Crippen molar-refractivity contribution >= 4 is 17.6 Å². The van der Waals surface area contributed by atoms with Crippen LogP contribution in [0.15, 0.2) is 29.3 Å². The Bertz CT molecular complexity index is 631. The second-order valence-corrected chi connectivity index (χ2v) is 8.90. The van der Waals surface area contributed by atoms with E-state index in [-0.39, 0.29) is 5.54 Å². The summed E-state index contributed by atoms with van der Waals surface area (Å²) in [6.45, 7) is 6.62. The van der Waals surface area contributed by atoms with Crippen LogP contribution in [0.1, 0.15) is 37.7 Å². The number of halogens is 1. The van der Waals surface area contributed by atoms with E-state index >= 15 is 0 Å². The van der Waals surface area contributed by atoms with Gasteiger partial charge in [0.15, 0.2) is 5.96 Å². The molecule has 3 rings (SSSR count). The first-order valence-corrected chi connectivity index (χ1v) is 11.0. The van der Waals surface area contributed by atoms with Crippen molar-refractivity contribution in [1.82, 2.24) is 20.0 Å². The minimum atomic E-state index is 0.254. The first kappa shape index (κ1) is 21.4. The maximum atomic E-state index is 6.02. The van der Waals surface area contributed by atoms with Gasteiger partial charge in [-0.3, -0.25) is 9.89 Å². The minimum absolute atomic E-state index is 0.254. The van der Waals surface area contributed by atoms with Crippen LogP contribution in [-0.4, -0.2) is 80.1 Å². The Balaban J connectivity index is 1.64. The zero-order chi connectivity index (χ0) is 20.0. The molecule has 5 nitrogen and oxygen atoms in total. The van der Waals surface area contributed by atoms with Gasteiger partial charge in [0.2, 0.25) is 0 Å². The van der Waals surface area contributed by atoms with E-state index in [0.717, 1.165) is 24.1 Å². The third-order valence-electron chi connectivity index (χ3n) is 6.43. The molecule has 0 spiro atoms. The van der Waals surface area contributed by atoms with Crippen LogP contribution in [-0.2, 0) is 6.54 Å². The van der Waals surface area contributed by atoms with Crippen molar-refractivity contribution in [3.63, 3.8) is 0 Å². The second-order valence-electron chi connectivity index (χ2n) is 8.46. The highest BCUT2D eigenvalue weighted by Crippen LogP contribution is 2.31. The molecule has 1 aromatic rings. The van der Waals surface area contributed by atoms with Crippen molar-refractivity contribution in [2.45, 2.75) is 44.2 Å². The van der Waals surface area contributed by atoms with E-state index in [1.165, 1.54) is 63.8 Å². The molecule has 0 unspecified atom stereocenters. The van der Waals surface area contributed by atoms with E-state index in [2.05, 4.69) is 51.2 Å². The molecule has 6 heteroatoms. The van der Waals surface area contributed by atoms with Crippen LogP contribution in [0.25, 0.3) is 0 Å². The summed E-state index contributed by atoms with van der Waals surface area (Å²) in [6.07, 6.45) is 6.51. The first-order chi connectivity index (χ1) is 13.5. The lowest BCUT2D eigenvalue weighted by molar-refractivity contribution is 0.0170. The van der Waals surface area contributed by atoms with Gasteiger partial charge in [0, 0.05) is 37.7 Å². The van der Waals surface area contributed by atoms with Crippen molar-refractivity contribution in [2.24, 2.45) is 4.99 Å². The Morgan fingerprint density at radius 3 is 2.36 bits per heavy atom. The molecule has 1 N–H and O–H groups in total. The minimum Gasteiger partial charge on any atom is -0.354 e. The Hall–Kier alpha value is -1.30. The standard InChI is InChI=1S/C22H36ClN5/c1-24-21(27(3)17-19-7-9-20(23)10-8-19)25-18-22(11-15-26(2)16-12-22)28-13-5-4-6-14-28/h7-10H,4-6,11-18H2,1-3H3,(H,24,25). The number of likely N-dealkylation sites (tertiary alicyclic amines) is 2. The van der Waals surface area contributed by atoms with Gasteiger partial charge in [-0.25, -0.2) is 0 Å². The first-order valence-electron chi connectivity index (χ1n) is 10.6. The van der Waals surface area contributed by atoms with Gasteiger partial charge in [-0.2, -0.15) is 0 Å². The lowest BCUT2D eigenvalue weighted by Crippen LogP contribution is -2.62. The van der Waals surface area contributed by atoms with Crippen LogP contribution in [0.2, 0.25) is 5.02 Å². The molecular formula is C22H36ClN5.